The number of hydrogen-bond donors (Lipinski definition) is 2. The Kier molecular flexibility index (Phi) is 3.87. The summed E-state index contributed by atoms with van der Waals surface area (Å²) in [7, 11) is 0. The van der Waals surface area contributed by atoms with Crippen molar-refractivity contribution >= 4 is 11.7 Å². The van der Waals surface area contributed by atoms with E-state index in [1.165, 1.54) is 12.8 Å². The average Bonchev–Trinajstić information content (AvgIpc) is 3.26. The normalized spacial score (nSPS) is 15.1. The minimum atomic E-state index is -0.180. The number of amides is 1. The van der Waals surface area contributed by atoms with E-state index in [0.29, 0.717) is 17.5 Å². The van der Waals surface area contributed by atoms with Crippen LogP contribution < -0.4 is 5.32 Å². The summed E-state index contributed by atoms with van der Waals surface area (Å²) >= 11 is 0. The second-order valence-corrected chi connectivity index (χ2v) is 6.68. The average molecular weight is 335 g/mol. The zero-order chi connectivity index (χ0) is 17.4. The predicted octanol–water partition coefficient (Wildman–Crippen LogP) is 3.80. The van der Waals surface area contributed by atoms with E-state index in [0.717, 1.165) is 22.6 Å². The van der Waals surface area contributed by atoms with E-state index in [1.54, 1.807) is 6.20 Å². The lowest BCUT2D eigenvalue weighted by Gasteiger charge is -2.16. The highest BCUT2D eigenvalue weighted by Crippen LogP contribution is 2.40. The van der Waals surface area contributed by atoms with Crippen LogP contribution in [0.4, 0.5) is 5.82 Å². The number of nitrogens with zero attached hydrogens (tertiary/aromatic N) is 3. The Balaban J connectivity index is 1.62. The first kappa shape index (κ1) is 15.6. The third-order valence-corrected chi connectivity index (χ3v) is 4.85. The molecule has 2 aromatic heterocycles. The van der Waals surface area contributed by atoms with Gasteiger partial charge in [-0.3, -0.25) is 9.89 Å². The maximum Gasteiger partial charge on any atom is 0.260 e. The molecule has 128 valence electrons. The molecule has 0 spiro atoms. The van der Waals surface area contributed by atoms with Crippen LogP contribution in [0.2, 0.25) is 0 Å². The van der Waals surface area contributed by atoms with Crippen molar-refractivity contribution in [2.24, 2.45) is 5.92 Å². The quantitative estimate of drug-likeness (QED) is 0.744. The number of aryl methyl sites for hydroxylation is 1. The zero-order valence-corrected chi connectivity index (χ0v) is 14.4. The first-order chi connectivity index (χ1) is 12.1. The number of carbonyl (C=O) groups is 1. The van der Waals surface area contributed by atoms with E-state index in [9.17, 15) is 4.79 Å². The number of rotatable bonds is 5. The van der Waals surface area contributed by atoms with Gasteiger partial charge >= 0.3 is 0 Å². The van der Waals surface area contributed by atoms with Crippen molar-refractivity contribution in [1.82, 2.24) is 20.0 Å². The van der Waals surface area contributed by atoms with Crippen molar-refractivity contribution < 1.29 is 4.79 Å². The molecule has 1 amide bonds. The lowest BCUT2D eigenvalue weighted by Crippen LogP contribution is -2.19. The Labute approximate surface area is 146 Å². The minimum Gasteiger partial charge on any atom is -0.306 e. The van der Waals surface area contributed by atoms with Crippen LogP contribution in [-0.2, 0) is 0 Å². The highest BCUT2D eigenvalue weighted by atomic mass is 16.1. The fourth-order valence-electron chi connectivity index (χ4n) is 3.15. The van der Waals surface area contributed by atoms with Crippen molar-refractivity contribution in [2.75, 3.05) is 5.32 Å². The summed E-state index contributed by atoms with van der Waals surface area (Å²) in [6, 6.07) is 10.0. The third kappa shape index (κ3) is 2.95. The van der Waals surface area contributed by atoms with Gasteiger partial charge in [-0.15, -0.1) is 0 Å². The summed E-state index contributed by atoms with van der Waals surface area (Å²) in [4.78, 5) is 12.9. The fourth-order valence-corrected chi connectivity index (χ4v) is 3.15. The summed E-state index contributed by atoms with van der Waals surface area (Å²) in [6.45, 7) is 4.12. The highest BCUT2D eigenvalue weighted by molar-refractivity contribution is 6.07. The number of hydrogen-bond acceptors (Lipinski definition) is 3. The van der Waals surface area contributed by atoms with Crippen molar-refractivity contribution in [3.8, 4) is 11.3 Å². The second kappa shape index (κ2) is 6.20. The molecule has 1 aliphatic carbocycles. The van der Waals surface area contributed by atoms with Gasteiger partial charge in [0.1, 0.15) is 5.82 Å². The van der Waals surface area contributed by atoms with Crippen LogP contribution >= 0.6 is 0 Å². The van der Waals surface area contributed by atoms with Gasteiger partial charge in [0.05, 0.1) is 29.7 Å². The van der Waals surface area contributed by atoms with E-state index < -0.39 is 0 Å². The number of carbonyl (C=O) groups excluding carboxylic acids is 1. The molecule has 0 saturated heterocycles. The molecule has 1 aliphatic rings. The van der Waals surface area contributed by atoms with Crippen molar-refractivity contribution in [2.45, 2.75) is 32.7 Å². The number of nitrogens with one attached hydrogen (secondary N) is 2. The van der Waals surface area contributed by atoms with E-state index in [4.69, 9.17) is 0 Å². The molecule has 1 fully saturated rings. The third-order valence-electron chi connectivity index (χ3n) is 4.85. The highest BCUT2D eigenvalue weighted by Gasteiger charge is 2.31. The van der Waals surface area contributed by atoms with E-state index in [1.807, 2.05) is 48.1 Å². The second-order valence-electron chi connectivity index (χ2n) is 6.68. The summed E-state index contributed by atoms with van der Waals surface area (Å²) in [5.41, 5.74) is 3.14. The smallest absolute Gasteiger partial charge is 0.260 e. The van der Waals surface area contributed by atoms with Gasteiger partial charge < -0.3 is 5.32 Å². The van der Waals surface area contributed by atoms with Gasteiger partial charge in [-0.2, -0.15) is 10.2 Å². The van der Waals surface area contributed by atoms with Crippen LogP contribution in [0.15, 0.2) is 42.7 Å². The molecule has 0 aliphatic heterocycles. The molecule has 0 bridgehead atoms. The Morgan fingerprint density at radius 1 is 1.28 bits per heavy atom. The topological polar surface area (TPSA) is 75.6 Å². The molecule has 25 heavy (non-hydrogen) atoms. The molecule has 2 N–H and O–H groups in total. The van der Waals surface area contributed by atoms with E-state index in [2.05, 4.69) is 27.5 Å². The van der Waals surface area contributed by atoms with Crippen LogP contribution in [0.25, 0.3) is 11.3 Å². The van der Waals surface area contributed by atoms with Gasteiger partial charge in [0, 0.05) is 11.1 Å². The molecule has 6 heteroatoms. The maximum absolute atomic E-state index is 12.9. The fraction of sp³-hybridized carbons (Fsp3) is 0.316. The maximum atomic E-state index is 12.9. The molecule has 4 rings (SSSR count). The molecule has 3 aromatic rings. The number of benzene rings is 1. The molecule has 2 heterocycles. The number of H-pyrrole nitrogens is 1. The Hall–Kier alpha value is -2.89. The summed E-state index contributed by atoms with van der Waals surface area (Å²) < 4.78 is 1.94. The number of aromatic amines is 1. The van der Waals surface area contributed by atoms with Gasteiger partial charge in [-0.25, -0.2) is 4.68 Å². The standard InChI is InChI=1S/C19H21N5O/c1-12-10-21-24(13(2)14-8-9-14)18(12)22-19(25)16-11-20-23-17(16)15-6-4-3-5-7-15/h3-7,10-11,13-14H,8-9H2,1-2H3,(H,20,23)(H,22,25). The molecule has 1 atom stereocenters. The van der Waals surface area contributed by atoms with Gasteiger partial charge in [-0.05, 0) is 32.6 Å². The zero-order valence-electron chi connectivity index (χ0n) is 14.4. The van der Waals surface area contributed by atoms with E-state index >= 15 is 0 Å². The van der Waals surface area contributed by atoms with Crippen molar-refractivity contribution in [3.63, 3.8) is 0 Å². The Morgan fingerprint density at radius 3 is 2.76 bits per heavy atom. The van der Waals surface area contributed by atoms with Crippen molar-refractivity contribution in [3.05, 3.63) is 53.9 Å². The molecular weight excluding hydrogens is 314 g/mol. The largest absolute Gasteiger partial charge is 0.306 e. The molecule has 6 nitrogen and oxygen atoms in total. The van der Waals surface area contributed by atoms with Gasteiger partial charge in [0.2, 0.25) is 0 Å². The molecular formula is C19H21N5O. The first-order valence-electron chi connectivity index (χ1n) is 8.59. The van der Waals surface area contributed by atoms with Crippen molar-refractivity contribution in [1.29, 1.82) is 0 Å². The van der Waals surface area contributed by atoms with Gasteiger partial charge in [0.25, 0.3) is 5.91 Å². The van der Waals surface area contributed by atoms with Crippen LogP contribution in [0, 0.1) is 12.8 Å². The SMILES string of the molecule is Cc1cnn(C(C)C2CC2)c1NC(=O)c1cn[nH]c1-c1ccccc1. The van der Waals surface area contributed by atoms with Crippen LogP contribution in [0.5, 0.6) is 0 Å². The molecule has 1 unspecified atom stereocenters. The van der Waals surface area contributed by atoms with Crippen LogP contribution in [0.1, 0.15) is 41.7 Å². The van der Waals surface area contributed by atoms with Crippen LogP contribution in [0.3, 0.4) is 0 Å². The Bertz CT molecular complexity index is 892. The van der Waals surface area contributed by atoms with Crippen LogP contribution in [-0.4, -0.2) is 25.9 Å². The van der Waals surface area contributed by atoms with Gasteiger partial charge in [-0.1, -0.05) is 30.3 Å². The lowest BCUT2D eigenvalue weighted by molar-refractivity contribution is 0.102. The van der Waals surface area contributed by atoms with Gasteiger partial charge in [0.15, 0.2) is 0 Å². The molecule has 1 saturated carbocycles. The Morgan fingerprint density at radius 2 is 2.04 bits per heavy atom. The predicted molar refractivity (Wildman–Crippen MR) is 96.4 cm³/mol. The summed E-state index contributed by atoms with van der Waals surface area (Å²) in [5.74, 6) is 1.24. The molecule has 0 radical (unpaired) electrons. The molecule has 1 aromatic carbocycles. The lowest BCUT2D eigenvalue weighted by atomic mass is 10.1. The summed E-state index contributed by atoms with van der Waals surface area (Å²) in [6.07, 6.45) is 5.83. The monoisotopic (exact) mass is 335 g/mol. The minimum absolute atomic E-state index is 0.180. The summed E-state index contributed by atoms with van der Waals surface area (Å²) in [5, 5.41) is 14.5. The first-order valence-corrected chi connectivity index (χ1v) is 8.59. The number of anilines is 1. The number of aromatic nitrogens is 4. The van der Waals surface area contributed by atoms with E-state index in [-0.39, 0.29) is 5.91 Å².